The highest BCUT2D eigenvalue weighted by Gasteiger charge is 2.13. The highest BCUT2D eigenvalue weighted by molar-refractivity contribution is 5.97. The molecule has 106 valence electrons. The fourth-order valence-corrected chi connectivity index (χ4v) is 2.85. The fraction of sp³-hybridized carbons (Fsp3) is 0.176. The maximum atomic E-state index is 11.5. The number of nitrogens with zero attached hydrogens (tertiary/aromatic N) is 1. The molecule has 0 unspecified atom stereocenters. The molecule has 0 saturated heterocycles. The predicted molar refractivity (Wildman–Crippen MR) is 84.3 cm³/mol. The number of aryl methyl sites for hydroxylation is 2. The minimum absolute atomic E-state index is 0.396. The second-order valence-corrected chi connectivity index (χ2v) is 5.35. The van der Waals surface area contributed by atoms with Gasteiger partial charge in [-0.1, -0.05) is 12.1 Å². The van der Waals surface area contributed by atoms with Crippen LogP contribution in [0.3, 0.4) is 0 Å². The van der Waals surface area contributed by atoms with E-state index in [1.54, 1.807) is 6.07 Å². The molecule has 0 aliphatic rings. The topological polar surface area (TPSA) is 71.8 Å². The molecule has 0 spiro atoms. The monoisotopic (exact) mass is 279 g/mol. The zero-order valence-corrected chi connectivity index (χ0v) is 12.3. The summed E-state index contributed by atoms with van der Waals surface area (Å²) in [5.41, 5.74) is 12.1. The van der Waals surface area contributed by atoms with Crippen LogP contribution in [0.2, 0.25) is 0 Å². The number of hydrogen-bond acceptors (Lipinski definition) is 2. The first-order valence-corrected chi connectivity index (χ1v) is 6.84. The normalized spacial score (nSPS) is 11.0. The van der Waals surface area contributed by atoms with Crippen molar-refractivity contribution in [2.75, 3.05) is 0 Å². The number of carbonyl (C=O) groups is 1. The first kappa shape index (κ1) is 13.4. The average molecular weight is 279 g/mol. The molecular formula is C17H17N3O. The highest BCUT2D eigenvalue weighted by atomic mass is 16.1. The molecule has 0 aliphatic heterocycles. The van der Waals surface area contributed by atoms with Gasteiger partial charge in [-0.05, 0) is 61.2 Å². The van der Waals surface area contributed by atoms with Crippen LogP contribution >= 0.6 is 0 Å². The molecule has 1 aromatic heterocycles. The van der Waals surface area contributed by atoms with Crippen molar-refractivity contribution in [3.63, 3.8) is 0 Å². The number of rotatable bonds is 2. The van der Waals surface area contributed by atoms with Crippen LogP contribution in [0.5, 0.6) is 0 Å². The van der Waals surface area contributed by atoms with Gasteiger partial charge in [-0.3, -0.25) is 4.79 Å². The molecule has 0 bridgehead atoms. The summed E-state index contributed by atoms with van der Waals surface area (Å²) < 4.78 is 0. The molecule has 1 amide bonds. The summed E-state index contributed by atoms with van der Waals surface area (Å²) >= 11 is 0. The molecule has 1 heterocycles. The number of imidazole rings is 1. The standard InChI is InChI=1S/C17H17N3O/c1-9-4-6-13(17(18)21)10(2)16(9)12-5-7-14-15(8-12)20-11(3)19-14/h4-8H,1-3H3,(H2,18,21)(H,19,20). The van der Waals surface area contributed by atoms with Gasteiger partial charge in [-0.2, -0.15) is 0 Å². The van der Waals surface area contributed by atoms with Crippen molar-refractivity contribution < 1.29 is 4.79 Å². The maximum Gasteiger partial charge on any atom is 0.248 e. The van der Waals surface area contributed by atoms with E-state index in [-0.39, 0.29) is 0 Å². The van der Waals surface area contributed by atoms with Crippen molar-refractivity contribution >= 4 is 16.9 Å². The van der Waals surface area contributed by atoms with Crippen molar-refractivity contribution in [1.82, 2.24) is 9.97 Å². The first-order valence-electron chi connectivity index (χ1n) is 6.84. The third kappa shape index (κ3) is 2.18. The van der Waals surface area contributed by atoms with Gasteiger partial charge in [0.1, 0.15) is 5.82 Å². The quantitative estimate of drug-likeness (QED) is 0.755. The number of primary amides is 1. The van der Waals surface area contributed by atoms with Crippen LogP contribution in [0, 0.1) is 20.8 Å². The van der Waals surface area contributed by atoms with E-state index in [4.69, 9.17) is 5.73 Å². The number of aromatic amines is 1. The summed E-state index contributed by atoms with van der Waals surface area (Å²) in [6.45, 7) is 5.91. The van der Waals surface area contributed by atoms with Crippen molar-refractivity contribution in [3.05, 3.63) is 52.8 Å². The van der Waals surface area contributed by atoms with Gasteiger partial charge in [0, 0.05) is 5.56 Å². The minimum Gasteiger partial charge on any atom is -0.366 e. The van der Waals surface area contributed by atoms with E-state index in [0.29, 0.717) is 5.56 Å². The van der Waals surface area contributed by atoms with Crippen LogP contribution in [0.25, 0.3) is 22.2 Å². The van der Waals surface area contributed by atoms with Gasteiger partial charge in [-0.15, -0.1) is 0 Å². The Morgan fingerprint density at radius 3 is 2.62 bits per heavy atom. The van der Waals surface area contributed by atoms with E-state index >= 15 is 0 Å². The number of H-pyrrole nitrogens is 1. The Bertz CT molecular complexity index is 862. The van der Waals surface area contributed by atoms with E-state index in [0.717, 1.165) is 39.1 Å². The lowest BCUT2D eigenvalue weighted by Gasteiger charge is -2.13. The number of nitrogens with two attached hydrogens (primary N) is 1. The maximum absolute atomic E-state index is 11.5. The zero-order chi connectivity index (χ0) is 15.1. The van der Waals surface area contributed by atoms with Gasteiger partial charge in [0.05, 0.1) is 11.0 Å². The molecule has 0 fully saturated rings. The molecule has 0 radical (unpaired) electrons. The lowest BCUT2D eigenvalue weighted by molar-refractivity contribution is 0.1000. The van der Waals surface area contributed by atoms with E-state index < -0.39 is 5.91 Å². The van der Waals surface area contributed by atoms with Gasteiger partial charge in [0.15, 0.2) is 0 Å². The predicted octanol–water partition coefficient (Wildman–Crippen LogP) is 3.25. The lowest BCUT2D eigenvalue weighted by atomic mass is 9.92. The van der Waals surface area contributed by atoms with Crippen molar-refractivity contribution in [2.24, 2.45) is 5.73 Å². The summed E-state index contributed by atoms with van der Waals surface area (Å²) in [4.78, 5) is 19.2. The van der Waals surface area contributed by atoms with Gasteiger partial charge >= 0.3 is 0 Å². The van der Waals surface area contributed by atoms with Crippen molar-refractivity contribution in [1.29, 1.82) is 0 Å². The largest absolute Gasteiger partial charge is 0.366 e. The number of aromatic nitrogens is 2. The number of nitrogens with one attached hydrogen (secondary N) is 1. The zero-order valence-electron chi connectivity index (χ0n) is 12.3. The van der Waals surface area contributed by atoms with Crippen LogP contribution in [-0.2, 0) is 0 Å². The molecule has 21 heavy (non-hydrogen) atoms. The van der Waals surface area contributed by atoms with E-state index in [1.807, 2.05) is 39.0 Å². The Labute approximate surface area is 123 Å². The number of benzene rings is 2. The number of fused-ring (bicyclic) bond motifs is 1. The molecule has 0 atom stereocenters. The summed E-state index contributed by atoms with van der Waals surface area (Å²) in [5, 5.41) is 0. The highest BCUT2D eigenvalue weighted by Crippen LogP contribution is 2.31. The Morgan fingerprint density at radius 1 is 1.14 bits per heavy atom. The van der Waals surface area contributed by atoms with Crippen molar-refractivity contribution in [2.45, 2.75) is 20.8 Å². The molecule has 0 aliphatic carbocycles. The van der Waals surface area contributed by atoms with E-state index in [1.165, 1.54) is 0 Å². The first-order chi connectivity index (χ1) is 9.97. The van der Waals surface area contributed by atoms with Gasteiger partial charge in [0.2, 0.25) is 5.91 Å². The third-order valence-corrected chi connectivity index (χ3v) is 3.83. The van der Waals surface area contributed by atoms with Crippen LogP contribution < -0.4 is 5.73 Å². The van der Waals surface area contributed by atoms with Crippen LogP contribution in [0.4, 0.5) is 0 Å². The number of amides is 1. The smallest absolute Gasteiger partial charge is 0.248 e. The minimum atomic E-state index is -0.396. The third-order valence-electron chi connectivity index (χ3n) is 3.83. The number of hydrogen-bond donors (Lipinski definition) is 2. The number of carbonyl (C=O) groups excluding carboxylic acids is 1. The van der Waals surface area contributed by atoms with Crippen LogP contribution in [-0.4, -0.2) is 15.9 Å². The molecule has 2 aromatic carbocycles. The average Bonchev–Trinajstić information content (AvgIpc) is 2.77. The summed E-state index contributed by atoms with van der Waals surface area (Å²) in [6, 6.07) is 9.81. The fourth-order valence-electron chi connectivity index (χ4n) is 2.85. The molecule has 3 aromatic rings. The lowest BCUT2D eigenvalue weighted by Crippen LogP contribution is -2.13. The van der Waals surface area contributed by atoms with E-state index in [2.05, 4.69) is 16.0 Å². The van der Waals surface area contributed by atoms with E-state index in [9.17, 15) is 4.79 Å². The van der Waals surface area contributed by atoms with Gasteiger partial charge in [-0.25, -0.2) is 4.98 Å². The Morgan fingerprint density at radius 2 is 1.90 bits per heavy atom. The van der Waals surface area contributed by atoms with Crippen LogP contribution in [0.15, 0.2) is 30.3 Å². The molecule has 3 rings (SSSR count). The molecule has 4 nitrogen and oxygen atoms in total. The Kier molecular flexibility index (Phi) is 3.01. The van der Waals surface area contributed by atoms with Crippen molar-refractivity contribution in [3.8, 4) is 11.1 Å². The summed E-state index contributed by atoms with van der Waals surface area (Å²) in [6.07, 6.45) is 0. The Balaban J connectivity index is 2.26. The summed E-state index contributed by atoms with van der Waals surface area (Å²) in [5.74, 6) is 0.494. The van der Waals surface area contributed by atoms with Gasteiger partial charge < -0.3 is 10.7 Å². The summed E-state index contributed by atoms with van der Waals surface area (Å²) in [7, 11) is 0. The SMILES string of the molecule is Cc1nc2ccc(-c3c(C)ccc(C(N)=O)c3C)cc2[nH]1. The molecule has 0 saturated carbocycles. The second kappa shape index (κ2) is 4.74. The second-order valence-electron chi connectivity index (χ2n) is 5.35. The molecular weight excluding hydrogens is 262 g/mol. The van der Waals surface area contributed by atoms with Crippen LogP contribution in [0.1, 0.15) is 27.3 Å². The Hall–Kier alpha value is -2.62. The molecule has 3 N–H and O–H groups in total. The molecule has 4 heteroatoms. The van der Waals surface area contributed by atoms with Gasteiger partial charge in [0.25, 0.3) is 0 Å².